The van der Waals surface area contributed by atoms with Crippen LogP contribution in [0.5, 0.6) is 11.5 Å². The molecule has 5 heteroatoms. The van der Waals surface area contributed by atoms with Crippen LogP contribution in [0.3, 0.4) is 0 Å². The maximum atomic E-state index is 5.75. The number of ether oxygens (including phenoxy) is 2. The van der Waals surface area contributed by atoms with Gasteiger partial charge in [0.15, 0.2) is 11.5 Å². The number of imidazole rings is 1. The van der Waals surface area contributed by atoms with Crippen molar-refractivity contribution in [3.8, 4) is 22.9 Å². The highest BCUT2D eigenvalue weighted by Gasteiger charge is 2.28. The van der Waals surface area contributed by atoms with Crippen molar-refractivity contribution < 1.29 is 9.47 Å². The highest BCUT2D eigenvalue weighted by Crippen LogP contribution is 2.38. The summed E-state index contributed by atoms with van der Waals surface area (Å²) < 4.78 is 13.8. The normalized spacial score (nSPS) is 15.9. The average molecular weight is 550 g/mol. The Morgan fingerprint density at radius 2 is 1.63 bits per heavy atom. The Kier molecular flexibility index (Phi) is 9.01. The van der Waals surface area contributed by atoms with E-state index in [0.29, 0.717) is 12.7 Å². The summed E-state index contributed by atoms with van der Waals surface area (Å²) in [5, 5.41) is 0. The van der Waals surface area contributed by atoms with Gasteiger partial charge in [0.05, 0.1) is 11.9 Å². The first-order chi connectivity index (χ1) is 20.3. The van der Waals surface area contributed by atoms with Crippen molar-refractivity contribution in [2.24, 2.45) is 5.92 Å². The molecule has 0 radical (unpaired) electrons. The molecule has 0 bridgehead atoms. The fraction of sp³-hybridized carbons (Fsp3) is 0.417. The second-order valence-electron chi connectivity index (χ2n) is 11.7. The van der Waals surface area contributed by atoms with Crippen molar-refractivity contribution in [3.05, 3.63) is 102 Å². The van der Waals surface area contributed by atoms with Crippen molar-refractivity contribution >= 4 is 0 Å². The molecule has 0 amide bonds. The lowest BCUT2D eigenvalue weighted by molar-refractivity contribution is 0.173. The van der Waals surface area contributed by atoms with Crippen LogP contribution in [-0.4, -0.2) is 27.8 Å². The second kappa shape index (κ2) is 13.4. The average Bonchev–Trinajstić information content (AvgIpc) is 3.66. The molecule has 6 rings (SSSR count). The molecular weight excluding hydrogens is 506 g/mol. The molecule has 3 aromatic carbocycles. The van der Waals surface area contributed by atoms with Gasteiger partial charge in [0.2, 0.25) is 6.79 Å². The van der Waals surface area contributed by atoms with Gasteiger partial charge < -0.3 is 14.0 Å². The largest absolute Gasteiger partial charge is 0.454 e. The van der Waals surface area contributed by atoms with Gasteiger partial charge >= 0.3 is 0 Å². The lowest BCUT2D eigenvalue weighted by atomic mass is 9.76. The van der Waals surface area contributed by atoms with Crippen molar-refractivity contribution in [3.63, 3.8) is 0 Å². The van der Waals surface area contributed by atoms with Crippen LogP contribution in [0.25, 0.3) is 11.4 Å². The number of benzene rings is 3. The summed E-state index contributed by atoms with van der Waals surface area (Å²) in [6.07, 6.45) is 11.1. The van der Waals surface area contributed by atoms with Crippen LogP contribution in [0.4, 0.5) is 0 Å². The van der Waals surface area contributed by atoms with Crippen LogP contribution < -0.4 is 9.47 Å². The van der Waals surface area contributed by atoms with E-state index in [2.05, 4.69) is 101 Å². The minimum atomic E-state index is 0.305. The van der Waals surface area contributed by atoms with Gasteiger partial charge in [-0.3, -0.25) is 4.90 Å². The molecule has 5 nitrogen and oxygen atoms in total. The number of aromatic nitrogens is 2. The van der Waals surface area contributed by atoms with E-state index in [1.165, 1.54) is 54.5 Å². The summed E-state index contributed by atoms with van der Waals surface area (Å²) in [6, 6.07) is 28.3. The molecular formula is C36H43N3O2. The number of nitrogens with zero attached hydrogens (tertiary/aromatic N) is 3. The number of unbranched alkanes of at least 4 members (excludes halogenated alkanes) is 1. The van der Waals surface area contributed by atoms with E-state index >= 15 is 0 Å². The van der Waals surface area contributed by atoms with Crippen molar-refractivity contribution in [1.29, 1.82) is 0 Å². The number of fused-ring (bicyclic) bond motifs is 1. The third kappa shape index (κ3) is 6.68. The molecule has 1 saturated carbocycles. The SMILES string of the molecule is CCCCn1c(CN(Cc2ccc3c(c2)OCO3)CC(c2ccccc2)C2CCCCC2)cnc1-c1ccccc1. The van der Waals surface area contributed by atoms with Gasteiger partial charge in [0, 0.05) is 31.7 Å². The van der Waals surface area contributed by atoms with Crippen LogP contribution >= 0.6 is 0 Å². The van der Waals surface area contributed by atoms with Gasteiger partial charge in [0.1, 0.15) is 5.82 Å². The molecule has 1 unspecified atom stereocenters. The van der Waals surface area contributed by atoms with Gasteiger partial charge in [-0.25, -0.2) is 4.98 Å². The Hall–Kier alpha value is -3.57. The van der Waals surface area contributed by atoms with E-state index in [1.54, 1.807) is 0 Å². The molecule has 1 atom stereocenters. The summed E-state index contributed by atoms with van der Waals surface area (Å²) in [7, 11) is 0. The summed E-state index contributed by atoms with van der Waals surface area (Å²) in [5.74, 6) is 3.99. The topological polar surface area (TPSA) is 39.5 Å². The van der Waals surface area contributed by atoms with Gasteiger partial charge in [-0.05, 0) is 54.4 Å². The maximum absolute atomic E-state index is 5.75. The molecule has 214 valence electrons. The molecule has 4 aromatic rings. The zero-order chi connectivity index (χ0) is 27.9. The first-order valence-corrected chi connectivity index (χ1v) is 15.5. The van der Waals surface area contributed by atoms with E-state index < -0.39 is 0 Å². The molecule has 0 saturated heterocycles. The van der Waals surface area contributed by atoms with Crippen LogP contribution in [0.1, 0.15) is 74.6 Å². The molecule has 2 heterocycles. The minimum absolute atomic E-state index is 0.305. The van der Waals surface area contributed by atoms with Crippen LogP contribution in [-0.2, 0) is 19.6 Å². The third-order valence-electron chi connectivity index (χ3n) is 8.84. The lowest BCUT2D eigenvalue weighted by Gasteiger charge is -2.35. The van der Waals surface area contributed by atoms with Crippen molar-refractivity contribution in [1.82, 2.24) is 14.5 Å². The summed E-state index contributed by atoms with van der Waals surface area (Å²) in [4.78, 5) is 7.62. The quantitative estimate of drug-likeness (QED) is 0.178. The van der Waals surface area contributed by atoms with Crippen LogP contribution in [0.15, 0.2) is 85.1 Å². The third-order valence-corrected chi connectivity index (χ3v) is 8.84. The first-order valence-electron chi connectivity index (χ1n) is 15.5. The summed E-state index contributed by atoms with van der Waals surface area (Å²) in [5.41, 5.74) is 5.20. The fourth-order valence-electron chi connectivity index (χ4n) is 6.67. The molecule has 1 aliphatic heterocycles. The number of rotatable bonds is 12. The molecule has 1 aromatic heterocycles. The molecule has 41 heavy (non-hydrogen) atoms. The minimum Gasteiger partial charge on any atom is -0.454 e. The maximum Gasteiger partial charge on any atom is 0.231 e. The Morgan fingerprint density at radius 3 is 2.41 bits per heavy atom. The first kappa shape index (κ1) is 27.6. The monoisotopic (exact) mass is 549 g/mol. The van der Waals surface area contributed by atoms with E-state index in [9.17, 15) is 0 Å². The smallest absolute Gasteiger partial charge is 0.231 e. The molecule has 1 fully saturated rings. The highest BCUT2D eigenvalue weighted by atomic mass is 16.7. The van der Waals surface area contributed by atoms with Crippen molar-refractivity contribution in [2.45, 2.75) is 77.4 Å². The Bertz CT molecular complexity index is 1380. The second-order valence-corrected chi connectivity index (χ2v) is 11.7. The molecule has 2 aliphatic rings. The number of hydrogen-bond acceptors (Lipinski definition) is 4. The van der Waals surface area contributed by atoms with Gasteiger partial charge in [-0.1, -0.05) is 99.3 Å². The lowest BCUT2D eigenvalue weighted by Crippen LogP contribution is -2.32. The van der Waals surface area contributed by atoms with Gasteiger partial charge in [0.25, 0.3) is 0 Å². The Morgan fingerprint density at radius 1 is 0.878 bits per heavy atom. The zero-order valence-electron chi connectivity index (χ0n) is 24.4. The summed E-state index contributed by atoms with van der Waals surface area (Å²) >= 11 is 0. The van der Waals surface area contributed by atoms with E-state index in [0.717, 1.165) is 62.3 Å². The van der Waals surface area contributed by atoms with E-state index in [4.69, 9.17) is 14.5 Å². The van der Waals surface area contributed by atoms with E-state index in [1.807, 2.05) is 0 Å². The highest BCUT2D eigenvalue weighted by molar-refractivity contribution is 5.56. The Labute approximate surface area is 245 Å². The molecule has 1 aliphatic carbocycles. The Balaban J connectivity index is 1.33. The van der Waals surface area contributed by atoms with Gasteiger partial charge in [-0.2, -0.15) is 0 Å². The molecule has 0 spiro atoms. The standard InChI is InChI=1S/C36H43N3O2/c1-2-3-21-39-32(23-37-36(39)31-17-11-6-12-18-31)25-38(24-28-19-20-34-35(22-28)41-27-40-34)26-33(29-13-7-4-8-14-29)30-15-9-5-10-16-30/h4,6-8,11-14,17-20,22-23,30,33H,2-3,5,9-10,15-16,21,24-27H2,1H3. The van der Waals surface area contributed by atoms with Crippen LogP contribution in [0, 0.1) is 5.92 Å². The predicted octanol–water partition coefficient (Wildman–Crippen LogP) is 8.45. The molecule has 0 N–H and O–H groups in total. The predicted molar refractivity (Wildman–Crippen MR) is 165 cm³/mol. The van der Waals surface area contributed by atoms with Crippen molar-refractivity contribution in [2.75, 3.05) is 13.3 Å². The van der Waals surface area contributed by atoms with Crippen LogP contribution in [0.2, 0.25) is 0 Å². The summed E-state index contributed by atoms with van der Waals surface area (Å²) in [6.45, 7) is 6.28. The fourth-order valence-corrected chi connectivity index (χ4v) is 6.67. The van der Waals surface area contributed by atoms with E-state index in [-0.39, 0.29) is 0 Å². The number of hydrogen-bond donors (Lipinski definition) is 0. The van der Waals surface area contributed by atoms with Gasteiger partial charge in [-0.15, -0.1) is 0 Å². The zero-order valence-corrected chi connectivity index (χ0v) is 24.4.